The SMILES string of the molecule is C[C@](Cc1ccc(C#N)cc1)(NC(=O)Nc1cc(Cl)nc(Cl)c1)C(=O)O. The molecule has 1 aromatic carbocycles. The third-order valence-corrected chi connectivity index (χ3v) is 3.91. The van der Waals surface area contributed by atoms with Crippen LogP contribution in [0, 0.1) is 11.3 Å². The van der Waals surface area contributed by atoms with E-state index in [0.717, 1.165) is 0 Å². The number of amides is 2. The van der Waals surface area contributed by atoms with Crippen molar-refractivity contribution in [3.63, 3.8) is 0 Å². The van der Waals surface area contributed by atoms with E-state index in [1.807, 2.05) is 6.07 Å². The van der Waals surface area contributed by atoms with E-state index in [2.05, 4.69) is 15.6 Å². The van der Waals surface area contributed by atoms with Gasteiger partial charge >= 0.3 is 12.0 Å². The summed E-state index contributed by atoms with van der Waals surface area (Å²) in [6, 6.07) is 10.5. The number of benzene rings is 1. The first-order valence-corrected chi connectivity index (χ1v) is 8.12. The fraction of sp³-hybridized carbons (Fsp3) is 0.176. The maximum atomic E-state index is 12.2. The Labute approximate surface area is 159 Å². The number of aromatic nitrogens is 1. The molecule has 2 aromatic rings. The monoisotopic (exact) mass is 392 g/mol. The van der Waals surface area contributed by atoms with E-state index < -0.39 is 17.5 Å². The van der Waals surface area contributed by atoms with Gasteiger partial charge in [0.05, 0.1) is 11.6 Å². The number of carbonyl (C=O) groups is 2. The second kappa shape index (κ2) is 8.04. The molecule has 134 valence electrons. The smallest absolute Gasteiger partial charge is 0.329 e. The Morgan fingerprint density at radius 3 is 2.31 bits per heavy atom. The van der Waals surface area contributed by atoms with E-state index in [-0.39, 0.29) is 22.4 Å². The van der Waals surface area contributed by atoms with Gasteiger partial charge in [-0.05, 0) is 36.8 Å². The number of nitriles is 1. The van der Waals surface area contributed by atoms with E-state index >= 15 is 0 Å². The highest BCUT2D eigenvalue weighted by molar-refractivity contribution is 6.33. The van der Waals surface area contributed by atoms with Gasteiger partial charge in [0.15, 0.2) is 0 Å². The van der Waals surface area contributed by atoms with Crippen molar-refractivity contribution in [3.05, 3.63) is 57.8 Å². The number of pyridine rings is 1. The molecule has 1 aromatic heterocycles. The summed E-state index contributed by atoms with van der Waals surface area (Å²) in [4.78, 5) is 27.7. The summed E-state index contributed by atoms with van der Waals surface area (Å²) in [7, 11) is 0. The van der Waals surface area contributed by atoms with Gasteiger partial charge in [0.25, 0.3) is 0 Å². The molecule has 0 bridgehead atoms. The highest BCUT2D eigenvalue weighted by Gasteiger charge is 2.35. The van der Waals surface area contributed by atoms with Gasteiger partial charge < -0.3 is 15.7 Å². The molecule has 0 radical (unpaired) electrons. The van der Waals surface area contributed by atoms with Crippen molar-refractivity contribution in [3.8, 4) is 6.07 Å². The van der Waals surface area contributed by atoms with E-state index in [1.165, 1.54) is 19.1 Å². The molecule has 0 spiro atoms. The highest BCUT2D eigenvalue weighted by Crippen LogP contribution is 2.19. The number of halogens is 2. The predicted molar refractivity (Wildman–Crippen MR) is 97.3 cm³/mol. The lowest BCUT2D eigenvalue weighted by molar-refractivity contribution is -0.143. The molecular formula is C17H14Cl2N4O3. The molecule has 0 unspecified atom stereocenters. The number of nitrogens with zero attached hydrogens (tertiary/aromatic N) is 2. The van der Waals surface area contributed by atoms with Crippen LogP contribution < -0.4 is 10.6 Å². The van der Waals surface area contributed by atoms with Crippen LogP contribution in [0.5, 0.6) is 0 Å². The Balaban J connectivity index is 2.13. The van der Waals surface area contributed by atoms with Gasteiger partial charge in [-0.15, -0.1) is 0 Å². The third kappa shape index (κ3) is 5.09. The summed E-state index contributed by atoms with van der Waals surface area (Å²) < 4.78 is 0. The number of carboxylic acids is 1. The van der Waals surface area contributed by atoms with Gasteiger partial charge in [-0.25, -0.2) is 14.6 Å². The lowest BCUT2D eigenvalue weighted by atomic mass is 9.92. The molecule has 2 rings (SSSR count). The van der Waals surface area contributed by atoms with Crippen molar-refractivity contribution in [2.75, 3.05) is 5.32 Å². The second-order valence-corrected chi connectivity index (χ2v) is 6.48. The first kappa shape index (κ1) is 19.5. The molecule has 1 atom stereocenters. The number of nitrogens with one attached hydrogen (secondary N) is 2. The number of hydrogen-bond acceptors (Lipinski definition) is 4. The van der Waals surface area contributed by atoms with E-state index in [9.17, 15) is 14.7 Å². The fourth-order valence-electron chi connectivity index (χ4n) is 2.23. The maximum Gasteiger partial charge on any atom is 0.329 e. The second-order valence-electron chi connectivity index (χ2n) is 5.70. The van der Waals surface area contributed by atoms with Crippen molar-refractivity contribution >= 4 is 40.9 Å². The average Bonchev–Trinajstić information content (AvgIpc) is 2.54. The summed E-state index contributed by atoms with van der Waals surface area (Å²) in [5.74, 6) is -1.21. The minimum Gasteiger partial charge on any atom is -0.480 e. The molecule has 0 fully saturated rings. The normalized spacial score (nSPS) is 12.5. The zero-order valence-electron chi connectivity index (χ0n) is 13.6. The molecule has 26 heavy (non-hydrogen) atoms. The lowest BCUT2D eigenvalue weighted by Crippen LogP contribution is -2.55. The van der Waals surface area contributed by atoms with Crippen LogP contribution >= 0.6 is 23.2 Å². The van der Waals surface area contributed by atoms with Crippen LogP contribution in [0.4, 0.5) is 10.5 Å². The summed E-state index contributed by atoms with van der Waals surface area (Å²) in [6.07, 6.45) is 0.0271. The number of carbonyl (C=O) groups excluding carboxylic acids is 1. The Kier molecular flexibility index (Phi) is 6.03. The molecule has 0 aliphatic rings. The van der Waals surface area contributed by atoms with Crippen molar-refractivity contribution in [1.82, 2.24) is 10.3 Å². The molecule has 2 amide bonds. The minimum absolute atomic E-state index is 0.0271. The molecular weight excluding hydrogens is 379 g/mol. The van der Waals surface area contributed by atoms with Crippen LogP contribution in [-0.2, 0) is 11.2 Å². The average molecular weight is 393 g/mol. The first-order chi connectivity index (χ1) is 12.2. The number of aliphatic carboxylic acids is 1. The van der Waals surface area contributed by atoms with Gasteiger partial charge in [0.2, 0.25) is 0 Å². The van der Waals surface area contributed by atoms with Crippen molar-refractivity contribution in [2.45, 2.75) is 18.9 Å². The van der Waals surface area contributed by atoms with Crippen LogP contribution in [0.2, 0.25) is 10.3 Å². The first-order valence-electron chi connectivity index (χ1n) is 7.36. The van der Waals surface area contributed by atoms with Gasteiger partial charge in [0, 0.05) is 12.1 Å². The number of carboxylic acid groups (broad SMARTS) is 1. The summed E-state index contributed by atoms with van der Waals surface area (Å²) >= 11 is 11.5. The summed E-state index contributed by atoms with van der Waals surface area (Å²) in [5.41, 5.74) is -0.176. The summed E-state index contributed by atoms with van der Waals surface area (Å²) in [6.45, 7) is 1.39. The highest BCUT2D eigenvalue weighted by atomic mass is 35.5. The molecule has 7 nitrogen and oxygen atoms in total. The Hall–Kier alpha value is -2.82. The molecule has 0 saturated carbocycles. The van der Waals surface area contributed by atoms with Gasteiger partial charge in [-0.1, -0.05) is 35.3 Å². The van der Waals surface area contributed by atoms with Gasteiger partial charge in [-0.2, -0.15) is 5.26 Å². The van der Waals surface area contributed by atoms with E-state index in [0.29, 0.717) is 11.1 Å². The van der Waals surface area contributed by atoms with Gasteiger partial charge in [0.1, 0.15) is 15.8 Å². The van der Waals surface area contributed by atoms with Gasteiger partial charge in [-0.3, -0.25) is 0 Å². The Morgan fingerprint density at radius 2 is 1.81 bits per heavy atom. The molecule has 9 heteroatoms. The number of anilines is 1. The molecule has 0 aliphatic heterocycles. The van der Waals surface area contributed by atoms with Crippen LogP contribution in [0.1, 0.15) is 18.1 Å². The van der Waals surface area contributed by atoms with Crippen LogP contribution in [0.15, 0.2) is 36.4 Å². The van der Waals surface area contributed by atoms with Crippen LogP contribution in [0.3, 0.4) is 0 Å². The number of urea groups is 1. The van der Waals surface area contributed by atoms with Crippen molar-refractivity contribution < 1.29 is 14.7 Å². The third-order valence-electron chi connectivity index (χ3n) is 3.52. The standard InChI is InChI=1S/C17H14Cl2N4O3/c1-17(15(24)25,8-10-2-4-11(9-20)5-3-10)23-16(26)21-12-6-13(18)22-14(19)7-12/h2-7H,8H2,1H3,(H,24,25)(H2,21,22,23,26)/t17-/m1/s1. The van der Waals surface area contributed by atoms with E-state index in [4.69, 9.17) is 28.5 Å². The minimum atomic E-state index is -1.57. The largest absolute Gasteiger partial charge is 0.480 e. The summed E-state index contributed by atoms with van der Waals surface area (Å²) in [5, 5.41) is 23.5. The van der Waals surface area contributed by atoms with E-state index in [1.54, 1.807) is 24.3 Å². The van der Waals surface area contributed by atoms with Crippen LogP contribution in [0.25, 0.3) is 0 Å². The lowest BCUT2D eigenvalue weighted by Gasteiger charge is -2.26. The molecule has 0 saturated heterocycles. The predicted octanol–water partition coefficient (Wildman–Crippen LogP) is 3.47. The Morgan fingerprint density at radius 1 is 1.23 bits per heavy atom. The fourth-order valence-corrected chi connectivity index (χ4v) is 2.69. The Bertz CT molecular complexity index is 860. The number of hydrogen-bond donors (Lipinski definition) is 3. The molecule has 3 N–H and O–H groups in total. The zero-order chi connectivity index (χ0) is 19.3. The van der Waals surface area contributed by atoms with Crippen molar-refractivity contribution in [1.29, 1.82) is 5.26 Å². The topological polar surface area (TPSA) is 115 Å². The van der Waals surface area contributed by atoms with Crippen LogP contribution in [-0.4, -0.2) is 27.6 Å². The van der Waals surface area contributed by atoms with Crippen molar-refractivity contribution in [2.24, 2.45) is 0 Å². The molecule has 1 heterocycles. The quantitative estimate of drug-likeness (QED) is 0.673. The maximum absolute atomic E-state index is 12.2. The molecule has 0 aliphatic carbocycles. The number of rotatable bonds is 5. The zero-order valence-corrected chi connectivity index (χ0v) is 15.1.